The fraction of sp³-hybridized carbons (Fsp3) is 0.579. The normalized spacial score (nSPS) is 25.2. The molecule has 1 unspecified atom stereocenters. The summed E-state index contributed by atoms with van der Waals surface area (Å²) in [4.78, 5) is 16.6. The van der Waals surface area contributed by atoms with Gasteiger partial charge in [-0.05, 0) is 39.2 Å². The van der Waals surface area contributed by atoms with Crippen LogP contribution < -0.4 is 0 Å². The first-order valence-electron chi connectivity index (χ1n) is 8.59. The summed E-state index contributed by atoms with van der Waals surface area (Å²) in [7, 11) is 0. The van der Waals surface area contributed by atoms with Gasteiger partial charge in [0.05, 0.1) is 6.07 Å². The number of rotatable bonds is 2. The van der Waals surface area contributed by atoms with E-state index < -0.39 is 5.60 Å². The highest BCUT2D eigenvalue weighted by Gasteiger charge is 2.45. The lowest BCUT2D eigenvalue weighted by atomic mass is 10.0. The van der Waals surface area contributed by atoms with Crippen LogP contribution >= 0.6 is 0 Å². The summed E-state index contributed by atoms with van der Waals surface area (Å²) >= 11 is 0. The van der Waals surface area contributed by atoms with Crippen molar-refractivity contribution in [2.24, 2.45) is 0 Å². The fourth-order valence-electron chi connectivity index (χ4n) is 3.76. The minimum Gasteiger partial charge on any atom is -0.444 e. The molecule has 24 heavy (non-hydrogen) atoms. The summed E-state index contributed by atoms with van der Waals surface area (Å²) in [6, 6.07) is 12.3. The molecule has 2 aliphatic heterocycles. The highest BCUT2D eigenvalue weighted by molar-refractivity contribution is 5.69. The Kier molecular flexibility index (Phi) is 4.51. The van der Waals surface area contributed by atoms with Gasteiger partial charge in [-0.25, -0.2) is 4.79 Å². The molecular weight excluding hydrogens is 302 g/mol. The number of likely N-dealkylation sites (tertiary alicyclic amines) is 1. The van der Waals surface area contributed by atoms with Crippen LogP contribution in [0.5, 0.6) is 0 Å². The molecule has 0 spiro atoms. The maximum Gasteiger partial charge on any atom is 0.410 e. The van der Waals surface area contributed by atoms with Crippen LogP contribution in [-0.4, -0.2) is 46.7 Å². The standard InChI is InChI=1S/C19H25N3O2/c1-19(2,3)24-18(23)22-15-9-10-16(22)13-21(12-15)17(11-20)14-7-5-4-6-8-14/h4-8,15-17H,9-10,12-13H2,1-3H3/t15-,16+,17?. The smallest absolute Gasteiger partial charge is 0.410 e. The molecule has 2 bridgehead atoms. The first-order valence-corrected chi connectivity index (χ1v) is 8.59. The quantitative estimate of drug-likeness (QED) is 0.836. The van der Waals surface area contributed by atoms with Crippen molar-refractivity contribution >= 4 is 6.09 Å². The van der Waals surface area contributed by atoms with Gasteiger partial charge >= 0.3 is 6.09 Å². The number of benzene rings is 1. The van der Waals surface area contributed by atoms with Crippen molar-refractivity contribution in [3.8, 4) is 6.07 Å². The second-order valence-electron chi connectivity index (χ2n) is 7.67. The van der Waals surface area contributed by atoms with Crippen molar-refractivity contribution in [1.29, 1.82) is 5.26 Å². The summed E-state index contributed by atoms with van der Waals surface area (Å²) in [5.74, 6) is 0. The Morgan fingerprint density at radius 3 is 2.29 bits per heavy atom. The van der Waals surface area contributed by atoms with Crippen LogP contribution in [0.2, 0.25) is 0 Å². The third kappa shape index (κ3) is 3.39. The molecule has 1 aromatic rings. The Bertz CT molecular complexity index is 618. The SMILES string of the molecule is CC(C)(C)OC(=O)N1[C@@H]2CC[C@H]1CN(C(C#N)c1ccccc1)C2. The average Bonchev–Trinajstić information content (AvgIpc) is 2.79. The summed E-state index contributed by atoms with van der Waals surface area (Å²) in [6.45, 7) is 7.13. The van der Waals surface area contributed by atoms with E-state index in [4.69, 9.17) is 4.74 Å². The van der Waals surface area contributed by atoms with Crippen LogP contribution in [0.1, 0.15) is 45.2 Å². The van der Waals surface area contributed by atoms with Crippen molar-refractivity contribution in [1.82, 2.24) is 9.80 Å². The highest BCUT2D eigenvalue weighted by atomic mass is 16.6. The third-order valence-corrected chi connectivity index (χ3v) is 4.72. The first kappa shape index (κ1) is 16.8. The van der Waals surface area contributed by atoms with Crippen LogP contribution in [0.4, 0.5) is 4.79 Å². The number of hydrogen-bond acceptors (Lipinski definition) is 4. The molecule has 0 N–H and O–H groups in total. The van der Waals surface area contributed by atoms with Crippen molar-refractivity contribution in [2.75, 3.05) is 13.1 Å². The second kappa shape index (κ2) is 6.45. The predicted molar refractivity (Wildman–Crippen MR) is 91.3 cm³/mol. The van der Waals surface area contributed by atoms with Crippen LogP contribution in [0.3, 0.4) is 0 Å². The summed E-state index contributed by atoms with van der Waals surface area (Å²) < 4.78 is 5.57. The zero-order valence-corrected chi connectivity index (χ0v) is 14.6. The van der Waals surface area contributed by atoms with Crippen LogP contribution in [0.15, 0.2) is 30.3 Å². The molecule has 0 aliphatic carbocycles. The van der Waals surface area contributed by atoms with Gasteiger partial charge in [-0.2, -0.15) is 5.26 Å². The molecular formula is C19H25N3O2. The van der Waals surface area contributed by atoms with E-state index in [1.807, 2.05) is 56.0 Å². The number of carbonyl (C=O) groups excluding carboxylic acids is 1. The van der Waals surface area contributed by atoms with Crippen LogP contribution in [0.25, 0.3) is 0 Å². The lowest BCUT2D eigenvalue weighted by molar-refractivity contribution is -0.00769. The number of hydrogen-bond donors (Lipinski definition) is 0. The maximum atomic E-state index is 12.5. The molecule has 1 amide bonds. The summed E-state index contributed by atoms with van der Waals surface area (Å²) in [5, 5.41) is 9.66. The number of piperazine rings is 1. The maximum absolute atomic E-state index is 12.5. The second-order valence-corrected chi connectivity index (χ2v) is 7.67. The first-order chi connectivity index (χ1) is 11.4. The molecule has 3 rings (SSSR count). The number of nitriles is 1. The minimum atomic E-state index is -0.479. The van der Waals surface area contributed by atoms with E-state index >= 15 is 0 Å². The number of nitrogens with zero attached hydrogens (tertiary/aromatic N) is 3. The Morgan fingerprint density at radius 2 is 1.79 bits per heavy atom. The fourth-order valence-corrected chi connectivity index (χ4v) is 3.76. The number of amides is 1. The van der Waals surface area contributed by atoms with Crippen molar-refractivity contribution in [2.45, 2.75) is 57.3 Å². The molecule has 1 aromatic carbocycles. The topological polar surface area (TPSA) is 56.6 Å². The largest absolute Gasteiger partial charge is 0.444 e. The van der Waals surface area contributed by atoms with Gasteiger partial charge in [0.2, 0.25) is 0 Å². The van der Waals surface area contributed by atoms with Gasteiger partial charge in [-0.15, -0.1) is 0 Å². The van der Waals surface area contributed by atoms with Gasteiger partial charge in [0, 0.05) is 25.2 Å². The van der Waals surface area contributed by atoms with Crippen molar-refractivity contribution < 1.29 is 9.53 Å². The van der Waals surface area contributed by atoms with Gasteiger partial charge in [0.15, 0.2) is 0 Å². The van der Waals surface area contributed by atoms with E-state index in [1.165, 1.54) is 0 Å². The zero-order valence-electron chi connectivity index (χ0n) is 14.6. The van der Waals surface area contributed by atoms with E-state index in [9.17, 15) is 10.1 Å². The molecule has 2 fully saturated rings. The van der Waals surface area contributed by atoms with E-state index in [1.54, 1.807) is 0 Å². The van der Waals surface area contributed by atoms with Gasteiger partial charge in [-0.1, -0.05) is 30.3 Å². The summed E-state index contributed by atoms with van der Waals surface area (Å²) in [6.07, 6.45) is 1.74. The molecule has 0 aromatic heterocycles. The molecule has 2 aliphatic rings. The van der Waals surface area contributed by atoms with Crippen molar-refractivity contribution in [3.05, 3.63) is 35.9 Å². The third-order valence-electron chi connectivity index (χ3n) is 4.72. The zero-order chi connectivity index (χ0) is 17.3. The van der Waals surface area contributed by atoms with Gasteiger partial charge in [0.1, 0.15) is 11.6 Å². The number of ether oxygens (including phenoxy) is 1. The lowest BCUT2D eigenvalue weighted by Crippen LogP contribution is -2.57. The van der Waals surface area contributed by atoms with E-state index in [0.717, 1.165) is 31.5 Å². The van der Waals surface area contributed by atoms with E-state index in [0.29, 0.717) is 0 Å². The van der Waals surface area contributed by atoms with Crippen LogP contribution in [0, 0.1) is 11.3 Å². The molecule has 5 nitrogen and oxygen atoms in total. The van der Waals surface area contributed by atoms with Gasteiger partial charge in [-0.3, -0.25) is 9.80 Å². The molecule has 0 radical (unpaired) electrons. The molecule has 128 valence electrons. The van der Waals surface area contributed by atoms with E-state index in [-0.39, 0.29) is 24.2 Å². The molecule has 3 atom stereocenters. The summed E-state index contributed by atoms with van der Waals surface area (Å²) in [5.41, 5.74) is 0.539. The monoisotopic (exact) mass is 327 g/mol. The number of carbonyl (C=O) groups is 1. The highest BCUT2D eigenvalue weighted by Crippen LogP contribution is 2.35. The minimum absolute atomic E-state index is 0.137. The molecule has 0 saturated carbocycles. The Morgan fingerprint density at radius 1 is 1.21 bits per heavy atom. The Labute approximate surface area is 143 Å². The molecule has 5 heteroatoms. The Balaban J connectivity index is 1.73. The average molecular weight is 327 g/mol. The Hall–Kier alpha value is -2.06. The number of fused-ring (bicyclic) bond motifs is 2. The predicted octanol–water partition coefficient (Wildman–Crippen LogP) is 3.33. The van der Waals surface area contributed by atoms with E-state index in [2.05, 4.69) is 11.0 Å². The van der Waals surface area contributed by atoms with Crippen molar-refractivity contribution in [3.63, 3.8) is 0 Å². The molecule has 2 saturated heterocycles. The van der Waals surface area contributed by atoms with Crippen LogP contribution in [-0.2, 0) is 4.74 Å². The molecule has 2 heterocycles. The van der Waals surface area contributed by atoms with Gasteiger partial charge in [0.25, 0.3) is 0 Å². The van der Waals surface area contributed by atoms with Gasteiger partial charge < -0.3 is 4.74 Å². The lowest BCUT2D eigenvalue weighted by Gasteiger charge is -2.42.